The van der Waals surface area contributed by atoms with E-state index in [0.717, 1.165) is 19.5 Å². The second kappa shape index (κ2) is 4.36. The number of aliphatic imine (C=N–C) groups is 1. The van der Waals surface area contributed by atoms with E-state index in [-0.39, 0.29) is 7.43 Å². The minimum Gasteiger partial charge on any atom is -0.372 e. The molecule has 0 bridgehead atoms. The highest BCUT2D eigenvalue weighted by Gasteiger charge is 2.00. The Bertz CT molecular complexity index is 97.1. The molecule has 0 amide bonds. The average molecular weight is 128 g/mol. The van der Waals surface area contributed by atoms with Gasteiger partial charge in [0.1, 0.15) is 0 Å². The number of hydrogen-bond acceptors (Lipinski definition) is 2. The standard InChI is InChI=1S/C6H12N2.CH4/c1-2-3-6-7-4-5-8-6;/h2-5H2,1H3,(H,7,8);1H4. The molecule has 0 aromatic heterocycles. The molecular formula is C7H16N2. The van der Waals surface area contributed by atoms with Crippen LogP contribution in [0.2, 0.25) is 0 Å². The van der Waals surface area contributed by atoms with Crippen LogP contribution in [0, 0.1) is 0 Å². The quantitative estimate of drug-likeness (QED) is 0.597. The summed E-state index contributed by atoms with van der Waals surface area (Å²) in [7, 11) is 0. The van der Waals surface area contributed by atoms with Gasteiger partial charge in [0, 0.05) is 13.0 Å². The molecule has 0 radical (unpaired) electrons. The van der Waals surface area contributed by atoms with Gasteiger partial charge in [-0.1, -0.05) is 14.4 Å². The molecule has 2 heteroatoms. The van der Waals surface area contributed by atoms with Crippen molar-refractivity contribution < 1.29 is 0 Å². The summed E-state index contributed by atoms with van der Waals surface area (Å²) in [5, 5.41) is 3.21. The fourth-order valence-corrected chi connectivity index (χ4v) is 0.851. The van der Waals surface area contributed by atoms with Crippen LogP contribution < -0.4 is 5.32 Å². The molecule has 54 valence electrons. The van der Waals surface area contributed by atoms with E-state index in [0.29, 0.717) is 0 Å². The summed E-state index contributed by atoms with van der Waals surface area (Å²) in [5.74, 6) is 1.20. The number of hydrogen-bond donors (Lipinski definition) is 1. The zero-order valence-electron chi connectivity index (χ0n) is 5.28. The van der Waals surface area contributed by atoms with Gasteiger partial charge in [-0.2, -0.15) is 0 Å². The third-order valence-corrected chi connectivity index (χ3v) is 1.23. The Morgan fingerprint density at radius 1 is 1.67 bits per heavy atom. The zero-order chi connectivity index (χ0) is 5.82. The van der Waals surface area contributed by atoms with Gasteiger partial charge in [-0.05, 0) is 6.42 Å². The van der Waals surface area contributed by atoms with E-state index in [1.165, 1.54) is 12.3 Å². The van der Waals surface area contributed by atoms with Crippen molar-refractivity contribution in [1.29, 1.82) is 0 Å². The second-order valence-corrected chi connectivity index (χ2v) is 2.01. The van der Waals surface area contributed by atoms with Crippen molar-refractivity contribution in [2.24, 2.45) is 4.99 Å². The molecule has 9 heavy (non-hydrogen) atoms. The topological polar surface area (TPSA) is 24.4 Å². The van der Waals surface area contributed by atoms with E-state index < -0.39 is 0 Å². The summed E-state index contributed by atoms with van der Waals surface area (Å²) >= 11 is 0. The Hall–Kier alpha value is -0.530. The third kappa shape index (κ3) is 2.49. The van der Waals surface area contributed by atoms with Crippen LogP contribution in [0.3, 0.4) is 0 Å². The van der Waals surface area contributed by atoms with Crippen molar-refractivity contribution in [3.63, 3.8) is 0 Å². The lowest BCUT2D eigenvalue weighted by atomic mass is 10.3. The molecule has 1 aliphatic rings. The Labute approximate surface area is 57.4 Å². The molecule has 0 saturated carbocycles. The van der Waals surface area contributed by atoms with Crippen LogP contribution >= 0.6 is 0 Å². The fourth-order valence-electron chi connectivity index (χ4n) is 0.851. The van der Waals surface area contributed by atoms with Gasteiger partial charge >= 0.3 is 0 Å². The van der Waals surface area contributed by atoms with Crippen molar-refractivity contribution in [3.05, 3.63) is 0 Å². The van der Waals surface area contributed by atoms with Gasteiger partial charge in [0.2, 0.25) is 0 Å². The van der Waals surface area contributed by atoms with Gasteiger partial charge in [-0.3, -0.25) is 4.99 Å². The molecule has 2 nitrogen and oxygen atoms in total. The van der Waals surface area contributed by atoms with E-state index in [1.54, 1.807) is 0 Å². The number of rotatable bonds is 2. The van der Waals surface area contributed by atoms with Gasteiger partial charge in [0.15, 0.2) is 0 Å². The zero-order valence-corrected chi connectivity index (χ0v) is 5.28. The smallest absolute Gasteiger partial charge is 0.0964 e. The predicted octanol–water partition coefficient (Wildman–Crippen LogP) is 1.42. The lowest BCUT2D eigenvalue weighted by Crippen LogP contribution is -2.17. The van der Waals surface area contributed by atoms with Crippen molar-refractivity contribution >= 4 is 5.84 Å². The van der Waals surface area contributed by atoms with E-state index >= 15 is 0 Å². The molecule has 0 saturated heterocycles. The van der Waals surface area contributed by atoms with Gasteiger partial charge in [-0.15, -0.1) is 0 Å². The highest BCUT2D eigenvalue weighted by Crippen LogP contribution is 1.93. The van der Waals surface area contributed by atoms with Gasteiger partial charge in [0.25, 0.3) is 0 Å². The number of nitrogens with one attached hydrogen (secondary N) is 1. The summed E-state index contributed by atoms with van der Waals surface area (Å²) in [6.45, 7) is 4.20. The molecule has 0 fully saturated rings. The van der Waals surface area contributed by atoms with Crippen molar-refractivity contribution in [3.8, 4) is 0 Å². The molecule has 1 N–H and O–H groups in total. The summed E-state index contributed by atoms with van der Waals surface area (Å²) in [4.78, 5) is 4.23. The highest BCUT2D eigenvalue weighted by atomic mass is 15.1. The van der Waals surface area contributed by atoms with Gasteiger partial charge in [0.05, 0.1) is 12.4 Å². The highest BCUT2D eigenvalue weighted by molar-refractivity contribution is 5.83. The maximum absolute atomic E-state index is 4.23. The molecule has 1 rings (SSSR count). The van der Waals surface area contributed by atoms with Crippen molar-refractivity contribution in [1.82, 2.24) is 5.32 Å². The first-order valence-corrected chi connectivity index (χ1v) is 3.20. The van der Waals surface area contributed by atoms with Crippen LogP contribution in [0.5, 0.6) is 0 Å². The normalized spacial score (nSPS) is 15.9. The van der Waals surface area contributed by atoms with Crippen molar-refractivity contribution in [2.45, 2.75) is 27.2 Å². The molecule has 1 heterocycles. The van der Waals surface area contributed by atoms with E-state index in [1.807, 2.05) is 0 Å². The SMILES string of the molecule is C.CCCC1=NCCN1. The Morgan fingerprint density at radius 3 is 2.89 bits per heavy atom. The van der Waals surface area contributed by atoms with Crippen LogP contribution in [-0.2, 0) is 0 Å². The summed E-state index contributed by atoms with van der Waals surface area (Å²) in [6.07, 6.45) is 2.33. The van der Waals surface area contributed by atoms with E-state index in [2.05, 4.69) is 17.2 Å². The molecule has 0 aromatic rings. The first-order valence-electron chi connectivity index (χ1n) is 3.20. The Morgan fingerprint density at radius 2 is 2.44 bits per heavy atom. The second-order valence-electron chi connectivity index (χ2n) is 2.01. The third-order valence-electron chi connectivity index (χ3n) is 1.23. The molecule has 0 unspecified atom stereocenters. The minimum absolute atomic E-state index is 0. The lowest BCUT2D eigenvalue weighted by Gasteiger charge is -1.95. The molecule has 1 aliphatic heterocycles. The summed E-state index contributed by atoms with van der Waals surface area (Å²) in [5.41, 5.74) is 0. The van der Waals surface area contributed by atoms with Gasteiger partial charge < -0.3 is 5.32 Å². The Kier molecular flexibility index (Phi) is 4.10. The monoisotopic (exact) mass is 128 g/mol. The van der Waals surface area contributed by atoms with Crippen molar-refractivity contribution in [2.75, 3.05) is 13.1 Å². The molecule has 0 atom stereocenters. The van der Waals surface area contributed by atoms with Crippen LogP contribution in [0.25, 0.3) is 0 Å². The van der Waals surface area contributed by atoms with Crippen LogP contribution in [0.15, 0.2) is 4.99 Å². The molecule has 0 spiro atoms. The maximum Gasteiger partial charge on any atom is 0.0964 e. The minimum atomic E-state index is 0. The predicted molar refractivity (Wildman–Crippen MR) is 41.9 cm³/mol. The van der Waals surface area contributed by atoms with Crippen LogP contribution in [-0.4, -0.2) is 18.9 Å². The molecular weight excluding hydrogens is 112 g/mol. The van der Waals surface area contributed by atoms with E-state index in [9.17, 15) is 0 Å². The largest absolute Gasteiger partial charge is 0.372 e. The summed E-state index contributed by atoms with van der Waals surface area (Å²) in [6, 6.07) is 0. The number of amidine groups is 1. The number of nitrogens with zero attached hydrogens (tertiary/aromatic N) is 1. The summed E-state index contributed by atoms with van der Waals surface area (Å²) < 4.78 is 0. The average Bonchev–Trinajstić information content (AvgIpc) is 2.19. The maximum atomic E-state index is 4.23. The van der Waals surface area contributed by atoms with Gasteiger partial charge in [-0.25, -0.2) is 0 Å². The first-order chi connectivity index (χ1) is 3.93. The Balaban J connectivity index is 0.000000640. The van der Waals surface area contributed by atoms with Crippen LogP contribution in [0.1, 0.15) is 27.2 Å². The first kappa shape index (κ1) is 8.47. The molecule has 0 aliphatic carbocycles. The van der Waals surface area contributed by atoms with Crippen LogP contribution in [0.4, 0.5) is 0 Å². The fraction of sp³-hybridized carbons (Fsp3) is 0.857. The lowest BCUT2D eigenvalue weighted by molar-refractivity contribution is 0.921. The molecule has 0 aromatic carbocycles. The van der Waals surface area contributed by atoms with E-state index in [4.69, 9.17) is 0 Å².